The summed E-state index contributed by atoms with van der Waals surface area (Å²) in [6.45, 7) is 4.79. The fourth-order valence-corrected chi connectivity index (χ4v) is 2.81. The smallest absolute Gasteiger partial charge is 0.143 e. The number of methoxy groups -OCH3 is 1. The maximum Gasteiger partial charge on any atom is 0.143 e. The lowest BCUT2D eigenvalue weighted by molar-refractivity contribution is 0.0531. The summed E-state index contributed by atoms with van der Waals surface area (Å²) in [5.41, 5.74) is 9.46. The molecule has 104 valence electrons. The second-order valence-corrected chi connectivity index (χ2v) is 5.55. The highest BCUT2D eigenvalue weighted by atomic mass is 16.5. The zero-order valence-corrected chi connectivity index (χ0v) is 11.7. The average Bonchev–Trinajstić information content (AvgIpc) is 3.22. The van der Waals surface area contributed by atoms with E-state index in [9.17, 15) is 0 Å². The standard InChI is InChI=1S/C15H22N2O2/c1-10-9-17(5-6-19-10)14-8-15(18-2)13(16)7-12(14)11-3-4-11/h7-8,10-11H,3-6,9,16H2,1-2H3. The second-order valence-electron chi connectivity index (χ2n) is 5.55. The van der Waals surface area contributed by atoms with Crippen molar-refractivity contribution in [2.45, 2.75) is 31.8 Å². The van der Waals surface area contributed by atoms with Gasteiger partial charge < -0.3 is 20.1 Å². The van der Waals surface area contributed by atoms with E-state index in [1.54, 1.807) is 7.11 Å². The Hall–Kier alpha value is -1.42. The van der Waals surface area contributed by atoms with Gasteiger partial charge in [0.05, 0.1) is 25.5 Å². The molecule has 0 spiro atoms. The van der Waals surface area contributed by atoms with Gasteiger partial charge in [0, 0.05) is 24.8 Å². The Morgan fingerprint density at radius 1 is 1.37 bits per heavy atom. The molecule has 2 N–H and O–H groups in total. The predicted molar refractivity (Wildman–Crippen MR) is 77.0 cm³/mol. The number of nitrogens with zero attached hydrogens (tertiary/aromatic N) is 1. The normalized spacial score (nSPS) is 23.5. The molecular formula is C15H22N2O2. The van der Waals surface area contributed by atoms with Gasteiger partial charge in [-0.2, -0.15) is 0 Å². The van der Waals surface area contributed by atoms with Crippen molar-refractivity contribution < 1.29 is 9.47 Å². The van der Waals surface area contributed by atoms with E-state index in [0.717, 1.165) is 31.1 Å². The molecule has 2 aliphatic rings. The molecule has 0 radical (unpaired) electrons. The molecule has 1 aromatic carbocycles. The third-order valence-corrected chi connectivity index (χ3v) is 3.98. The summed E-state index contributed by atoms with van der Waals surface area (Å²) in [4.78, 5) is 2.41. The van der Waals surface area contributed by atoms with Crippen molar-refractivity contribution in [3.8, 4) is 5.75 Å². The molecule has 1 saturated heterocycles. The Labute approximate surface area is 114 Å². The van der Waals surface area contributed by atoms with E-state index < -0.39 is 0 Å². The van der Waals surface area contributed by atoms with Crippen molar-refractivity contribution in [2.24, 2.45) is 0 Å². The molecular weight excluding hydrogens is 240 g/mol. The predicted octanol–water partition coefficient (Wildman–Crippen LogP) is 2.38. The topological polar surface area (TPSA) is 47.7 Å². The zero-order valence-electron chi connectivity index (χ0n) is 11.7. The molecule has 1 heterocycles. The Morgan fingerprint density at radius 2 is 2.16 bits per heavy atom. The number of nitrogens with two attached hydrogens (primary N) is 1. The van der Waals surface area contributed by atoms with Crippen LogP contribution in [0.15, 0.2) is 12.1 Å². The Morgan fingerprint density at radius 3 is 2.79 bits per heavy atom. The summed E-state index contributed by atoms with van der Waals surface area (Å²) in [5, 5.41) is 0. The molecule has 1 saturated carbocycles. The minimum Gasteiger partial charge on any atom is -0.495 e. The minimum atomic E-state index is 0.282. The van der Waals surface area contributed by atoms with Crippen LogP contribution in [0.25, 0.3) is 0 Å². The van der Waals surface area contributed by atoms with Crippen molar-refractivity contribution in [3.63, 3.8) is 0 Å². The van der Waals surface area contributed by atoms with E-state index in [1.807, 2.05) is 0 Å². The molecule has 4 heteroatoms. The van der Waals surface area contributed by atoms with Crippen LogP contribution in [-0.4, -0.2) is 32.9 Å². The van der Waals surface area contributed by atoms with Crippen LogP contribution in [0.1, 0.15) is 31.2 Å². The minimum absolute atomic E-state index is 0.282. The van der Waals surface area contributed by atoms with Crippen molar-refractivity contribution in [3.05, 3.63) is 17.7 Å². The summed E-state index contributed by atoms with van der Waals surface area (Å²) < 4.78 is 11.0. The number of morpholine rings is 1. The molecule has 1 aromatic rings. The van der Waals surface area contributed by atoms with Gasteiger partial charge in [0.15, 0.2) is 0 Å². The van der Waals surface area contributed by atoms with Gasteiger partial charge in [0.25, 0.3) is 0 Å². The van der Waals surface area contributed by atoms with Crippen LogP contribution >= 0.6 is 0 Å². The van der Waals surface area contributed by atoms with Gasteiger partial charge in [-0.3, -0.25) is 0 Å². The molecule has 1 aliphatic carbocycles. The van der Waals surface area contributed by atoms with E-state index in [0.29, 0.717) is 5.92 Å². The van der Waals surface area contributed by atoms with E-state index in [4.69, 9.17) is 15.2 Å². The zero-order chi connectivity index (χ0) is 13.4. The van der Waals surface area contributed by atoms with Crippen LogP contribution in [0.4, 0.5) is 11.4 Å². The first-order chi connectivity index (χ1) is 9.19. The van der Waals surface area contributed by atoms with Crippen molar-refractivity contribution in [1.29, 1.82) is 0 Å². The van der Waals surface area contributed by atoms with Crippen LogP contribution in [0.3, 0.4) is 0 Å². The largest absolute Gasteiger partial charge is 0.495 e. The van der Waals surface area contributed by atoms with Gasteiger partial charge in [-0.1, -0.05) is 0 Å². The van der Waals surface area contributed by atoms with Gasteiger partial charge in [0.2, 0.25) is 0 Å². The Bertz CT molecular complexity index is 471. The number of rotatable bonds is 3. The van der Waals surface area contributed by atoms with Crippen LogP contribution in [0, 0.1) is 0 Å². The fraction of sp³-hybridized carbons (Fsp3) is 0.600. The highest BCUT2D eigenvalue weighted by Crippen LogP contribution is 2.47. The summed E-state index contributed by atoms with van der Waals surface area (Å²) in [6.07, 6.45) is 2.83. The third kappa shape index (κ3) is 2.50. The van der Waals surface area contributed by atoms with Crippen molar-refractivity contribution in [1.82, 2.24) is 0 Å². The number of hydrogen-bond donors (Lipinski definition) is 1. The summed E-state index contributed by atoms with van der Waals surface area (Å²) >= 11 is 0. The highest BCUT2D eigenvalue weighted by Gasteiger charge is 2.30. The van der Waals surface area contributed by atoms with E-state index in [1.165, 1.54) is 24.1 Å². The lowest BCUT2D eigenvalue weighted by Gasteiger charge is -2.34. The lowest BCUT2D eigenvalue weighted by atomic mass is 10.0. The van der Waals surface area contributed by atoms with Gasteiger partial charge in [-0.15, -0.1) is 0 Å². The van der Waals surface area contributed by atoms with Gasteiger partial charge in [0.1, 0.15) is 5.75 Å². The molecule has 1 aliphatic heterocycles. The van der Waals surface area contributed by atoms with Crippen LogP contribution < -0.4 is 15.4 Å². The molecule has 19 heavy (non-hydrogen) atoms. The van der Waals surface area contributed by atoms with E-state index in [2.05, 4.69) is 24.0 Å². The molecule has 2 fully saturated rings. The molecule has 4 nitrogen and oxygen atoms in total. The molecule has 1 atom stereocenters. The van der Waals surface area contributed by atoms with Crippen molar-refractivity contribution in [2.75, 3.05) is 37.4 Å². The van der Waals surface area contributed by atoms with Crippen LogP contribution in [-0.2, 0) is 4.74 Å². The Kier molecular flexibility index (Phi) is 3.27. The molecule has 0 amide bonds. The van der Waals surface area contributed by atoms with E-state index in [-0.39, 0.29) is 6.10 Å². The number of nitrogen functional groups attached to an aromatic ring is 1. The maximum atomic E-state index is 6.05. The fourth-order valence-electron chi connectivity index (χ4n) is 2.81. The van der Waals surface area contributed by atoms with Gasteiger partial charge in [-0.25, -0.2) is 0 Å². The third-order valence-electron chi connectivity index (χ3n) is 3.98. The number of hydrogen-bond acceptors (Lipinski definition) is 4. The first-order valence-corrected chi connectivity index (χ1v) is 7.03. The number of ether oxygens (including phenoxy) is 2. The first-order valence-electron chi connectivity index (χ1n) is 7.03. The molecule has 0 aromatic heterocycles. The molecule has 1 unspecified atom stereocenters. The molecule has 0 bridgehead atoms. The summed E-state index contributed by atoms with van der Waals surface area (Å²) in [5.74, 6) is 1.46. The van der Waals surface area contributed by atoms with Crippen LogP contribution in [0.2, 0.25) is 0 Å². The summed E-state index contributed by atoms with van der Waals surface area (Å²) in [6, 6.07) is 4.20. The lowest BCUT2D eigenvalue weighted by Crippen LogP contribution is -2.41. The van der Waals surface area contributed by atoms with E-state index >= 15 is 0 Å². The van der Waals surface area contributed by atoms with Gasteiger partial charge in [-0.05, 0) is 37.3 Å². The average molecular weight is 262 g/mol. The number of anilines is 2. The first kappa shape index (κ1) is 12.6. The SMILES string of the molecule is COc1cc(N2CCOC(C)C2)c(C2CC2)cc1N. The maximum absolute atomic E-state index is 6.05. The Balaban J connectivity index is 1.97. The van der Waals surface area contributed by atoms with Crippen LogP contribution in [0.5, 0.6) is 5.75 Å². The quantitative estimate of drug-likeness (QED) is 0.850. The summed E-state index contributed by atoms with van der Waals surface area (Å²) in [7, 11) is 1.67. The number of benzene rings is 1. The van der Waals surface area contributed by atoms with Gasteiger partial charge >= 0.3 is 0 Å². The highest BCUT2D eigenvalue weighted by molar-refractivity contribution is 5.68. The second kappa shape index (κ2) is 4.93. The molecule has 3 rings (SSSR count). The monoisotopic (exact) mass is 262 g/mol. The van der Waals surface area contributed by atoms with Crippen molar-refractivity contribution >= 4 is 11.4 Å².